The van der Waals surface area contributed by atoms with Gasteiger partial charge in [-0.1, -0.05) is 90.1 Å². The Morgan fingerprint density at radius 2 is 0.935 bits per heavy atom. The van der Waals surface area contributed by atoms with E-state index in [0.717, 1.165) is 43.2 Å². The van der Waals surface area contributed by atoms with Crippen LogP contribution in [0.5, 0.6) is 0 Å². The Balaban J connectivity index is 1.55. The maximum atomic E-state index is 11.7. The summed E-state index contributed by atoms with van der Waals surface area (Å²) < 4.78 is 0. The van der Waals surface area contributed by atoms with E-state index in [-0.39, 0.29) is 22.7 Å². The van der Waals surface area contributed by atoms with Crippen LogP contribution >= 0.6 is 0 Å². The first-order chi connectivity index (χ1) is 14.3. The molecule has 2 bridgehead atoms. The van der Waals surface area contributed by atoms with Gasteiger partial charge in [-0.05, 0) is 77.0 Å². The van der Waals surface area contributed by atoms with Gasteiger partial charge in [-0.3, -0.25) is 0 Å². The van der Waals surface area contributed by atoms with Crippen LogP contribution in [0.25, 0.3) is 0 Å². The molecular weight excluding hydrogens is 380 g/mol. The number of benzene rings is 2. The Bertz CT molecular complexity index is 836. The van der Waals surface area contributed by atoms with Crippen LogP contribution in [0, 0.1) is 11.8 Å². The van der Waals surface area contributed by atoms with E-state index in [1.54, 1.807) is 0 Å². The topological polar surface area (TPSA) is 40.5 Å². The summed E-state index contributed by atoms with van der Waals surface area (Å²) in [5.74, 6) is 0.418. The van der Waals surface area contributed by atoms with E-state index in [1.165, 1.54) is 11.1 Å². The van der Waals surface area contributed by atoms with Gasteiger partial charge < -0.3 is 10.2 Å². The first kappa shape index (κ1) is 22.6. The third kappa shape index (κ3) is 3.98. The molecule has 0 aliphatic heterocycles. The molecule has 2 fully saturated rings. The van der Waals surface area contributed by atoms with Crippen LogP contribution in [-0.2, 0) is 22.0 Å². The molecule has 2 saturated carbocycles. The minimum Gasteiger partial charge on any atom is -0.385 e. The van der Waals surface area contributed by atoms with Gasteiger partial charge in [0.25, 0.3) is 0 Å². The van der Waals surface area contributed by atoms with Gasteiger partial charge in [0.05, 0.1) is 11.2 Å². The van der Waals surface area contributed by atoms with Crippen LogP contribution in [0.3, 0.4) is 0 Å². The van der Waals surface area contributed by atoms with E-state index < -0.39 is 11.2 Å². The fraction of sp³-hybridized carbons (Fsp3) is 0.586. The van der Waals surface area contributed by atoms with Crippen LogP contribution < -0.4 is 0 Å². The van der Waals surface area contributed by atoms with Gasteiger partial charge in [0, 0.05) is 0 Å². The SMILES string of the molecule is CC(C)(C)c1ccc(C2(O)CCC3CC2CCC3(O)c2ccc(C(C)(C)C)cc2)cc1. The maximum absolute atomic E-state index is 11.7. The van der Waals surface area contributed by atoms with Crippen molar-refractivity contribution in [3.05, 3.63) is 70.8 Å². The van der Waals surface area contributed by atoms with E-state index in [0.29, 0.717) is 0 Å². The Labute approximate surface area is 188 Å². The molecule has 4 atom stereocenters. The largest absolute Gasteiger partial charge is 0.385 e. The molecule has 2 aromatic carbocycles. The summed E-state index contributed by atoms with van der Waals surface area (Å²) in [6.45, 7) is 13.3. The third-order valence-corrected chi connectivity index (χ3v) is 8.17. The first-order valence-corrected chi connectivity index (χ1v) is 12.0. The Hall–Kier alpha value is -1.64. The highest BCUT2D eigenvalue weighted by Gasteiger charge is 2.53. The lowest BCUT2D eigenvalue weighted by atomic mass is 9.56. The van der Waals surface area contributed by atoms with Crippen LogP contribution in [0.2, 0.25) is 0 Å². The van der Waals surface area contributed by atoms with Crippen molar-refractivity contribution in [2.45, 2.75) is 95.7 Å². The van der Waals surface area contributed by atoms with Crippen molar-refractivity contribution in [2.75, 3.05) is 0 Å². The molecular formula is C29H40O2. The molecule has 2 nitrogen and oxygen atoms in total. The van der Waals surface area contributed by atoms with Crippen LogP contribution in [0.15, 0.2) is 48.5 Å². The minimum atomic E-state index is -0.773. The zero-order valence-electron chi connectivity index (χ0n) is 20.2. The number of fused-ring (bicyclic) bond motifs is 2. The Morgan fingerprint density at radius 3 is 1.23 bits per heavy atom. The maximum Gasteiger partial charge on any atom is 0.0924 e. The Morgan fingerprint density at radius 1 is 0.613 bits per heavy atom. The monoisotopic (exact) mass is 420 g/mol. The molecule has 0 aromatic heterocycles. The van der Waals surface area contributed by atoms with Crippen LogP contribution in [0.4, 0.5) is 0 Å². The molecule has 2 N–H and O–H groups in total. The average Bonchev–Trinajstić information content (AvgIpc) is 2.72. The zero-order valence-corrected chi connectivity index (χ0v) is 20.2. The number of hydrogen-bond donors (Lipinski definition) is 2. The van der Waals surface area contributed by atoms with Crippen molar-refractivity contribution in [3.8, 4) is 0 Å². The molecule has 0 radical (unpaired) electrons. The van der Waals surface area contributed by atoms with Gasteiger partial charge >= 0.3 is 0 Å². The number of rotatable bonds is 2. The van der Waals surface area contributed by atoms with Crippen molar-refractivity contribution < 1.29 is 10.2 Å². The van der Waals surface area contributed by atoms with E-state index >= 15 is 0 Å². The van der Waals surface area contributed by atoms with Crippen molar-refractivity contribution in [3.63, 3.8) is 0 Å². The second-order valence-corrected chi connectivity index (χ2v) is 12.2. The molecule has 2 aliphatic carbocycles. The van der Waals surface area contributed by atoms with Gasteiger partial charge in [0.1, 0.15) is 0 Å². The normalized spacial score (nSPS) is 31.5. The predicted molar refractivity (Wildman–Crippen MR) is 128 cm³/mol. The molecule has 0 saturated heterocycles. The highest BCUT2D eigenvalue weighted by Crippen LogP contribution is 2.56. The highest BCUT2D eigenvalue weighted by atomic mass is 16.3. The summed E-state index contributed by atoms with van der Waals surface area (Å²) in [6, 6.07) is 17.2. The van der Waals surface area contributed by atoms with Crippen molar-refractivity contribution in [1.29, 1.82) is 0 Å². The summed E-state index contributed by atoms with van der Waals surface area (Å²) in [6.07, 6.45) is 4.03. The second kappa shape index (κ2) is 7.46. The molecule has 4 rings (SSSR count). The highest BCUT2D eigenvalue weighted by molar-refractivity contribution is 5.35. The van der Waals surface area contributed by atoms with Crippen molar-refractivity contribution in [1.82, 2.24) is 0 Å². The van der Waals surface area contributed by atoms with Crippen molar-refractivity contribution in [2.24, 2.45) is 11.8 Å². The lowest BCUT2D eigenvalue weighted by molar-refractivity contribution is -0.155. The molecule has 168 valence electrons. The quantitative estimate of drug-likeness (QED) is 0.577. The molecule has 2 aromatic rings. The third-order valence-electron chi connectivity index (χ3n) is 8.17. The molecule has 2 aliphatic rings. The second-order valence-electron chi connectivity index (χ2n) is 12.2. The number of hydrogen-bond acceptors (Lipinski definition) is 2. The van der Waals surface area contributed by atoms with E-state index in [2.05, 4.69) is 90.1 Å². The van der Waals surface area contributed by atoms with Gasteiger partial charge in [-0.25, -0.2) is 0 Å². The van der Waals surface area contributed by atoms with Gasteiger partial charge in [-0.2, -0.15) is 0 Å². The summed E-state index contributed by atoms with van der Waals surface area (Å²) in [5, 5.41) is 23.5. The molecule has 4 unspecified atom stereocenters. The average molecular weight is 421 g/mol. The van der Waals surface area contributed by atoms with Gasteiger partial charge in [-0.15, -0.1) is 0 Å². The van der Waals surface area contributed by atoms with Crippen LogP contribution in [-0.4, -0.2) is 10.2 Å². The first-order valence-electron chi connectivity index (χ1n) is 12.0. The van der Waals surface area contributed by atoms with Gasteiger partial charge in [0.2, 0.25) is 0 Å². The fourth-order valence-electron chi connectivity index (χ4n) is 5.92. The fourth-order valence-corrected chi connectivity index (χ4v) is 5.92. The van der Waals surface area contributed by atoms with E-state index in [9.17, 15) is 10.2 Å². The lowest BCUT2D eigenvalue weighted by Crippen LogP contribution is -2.51. The van der Waals surface area contributed by atoms with Crippen molar-refractivity contribution >= 4 is 0 Å². The number of aliphatic hydroxyl groups is 2. The lowest BCUT2D eigenvalue weighted by Gasteiger charge is -2.53. The molecule has 0 spiro atoms. The summed E-state index contributed by atoms with van der Waals surface area (Å²) >= 11 is 0. The Kier molecular flexibility index (Phi) is 5.42. The summed E-state index contributed by atoms with van der Waals surface area (Å²) in [5.41, 5.74) is 3.36. The standard InChI is InChI=1S/C29H40O2/c1-26(2,3)20-7-11-22(12-8-20)28(30)17-15-25-19-24(28)16-18-29(25,31)23-13-9-21(10-14-23)27(4,5)6/h7-14,24-25,30-31H,15-19H2,1-6H3. The van der Waals surface area contributed by atoms with Crippen LogP contribution in [0.1, 0.15) is 95.9 Å². The molecule has 0 heterocycles. The summed E-state index contributed by atoms with van der Waals surface area (Å²) in [7, 11) is 0. The van der Waals surface area contributed by atoms with E-state index in [4.69, 9.17) is 0 Å². The van der Waals surface area contributed by atoms with Gasteiger partial charge in [0.15, 0.2) is 0 Å². The molecule has 31 heavy (non-hydrogen) atoms. The predicted octanol–water partition coefficient (Wildman–Crippen LogP) is 6.57. The summed E-state index contributed by atoms with van der Waals surface area (Å²) in [4.78, 5) is 0. The smallest absolute Gasteiger partial charge is 0.0924 e. The van der Waals surface area contributed by atoms with E-state index in [1.807, 2.05) is 0 Å². The molecule has 2 heteroatoms. The zero-order chi connectivity index (χ0) is 22.7. The molecule has 0 amide bonds. The minimum absolute atomic E-state index is 0.114.